The number of ether oxygens (including phenoxy) is 6. The molecule has 1 fully saturated rings. The Labute approximate surface area is 412 Å². The zero-order valence-corrected chi connectivity index (χ0v) is 40.3. The minimum absolute atomic E-state index is 0.0117. The highest BCUT2D eigenvalue weighted by molar-refractivity contribution is 7.98. The van der Waals surface area contributed by atoms with Crippen molar-refractivity contribution in [3.63, 3.8) is 0 Å². The number of non-ortho nitro benzene ring substituents is 1. The highest BCUT2D eigenvalue weighted by Gasteiger charge is 2.65. The smallest absolute Gasteiger partial charge is 0.410 e. The second-order valence-corrected chi connectivity index (χ2v) is 18.6. The highest BCUT2D eigenvalue weighted by Crippen LogP contribution is 2.62. The maximum atomic E-state index is 14.9. The molecule has 2 aliphatic heterocycles. The topological polar surface area (TPSA) is 181 Å². The lowest BCUT2D eigenvalue weighted by Gasteiger charge is -2.59. The third-order valence-corrected chi connectivity index (χ3v) is 14.2. The number of aliphatic hydroxyl groups excluding tert-OH is 2. The number of amides is 1. The van der Waals surface area contributed by atoms with Crippen molar-refractivity contribution in [1.82, 2.24) is 4.90 Å². The number of hydrogen-bond donors (Lipinski definition) is 2. The Bertz CT molecular complexity index is 2530. The normalized spacial score (nSPS) is 22.2. The van der Waals surface area contributed by atoms with Crippen LogP contribution in [0.4, 0.5) is 10.5 Å². The summed E-state index contributed by atoms with van der Waals surface area (Å²) < 4.78 is 38.6. The van der Waals surface area contributed by atoms with Crippen molar-refractivity contribution in [2.24, 2.45) is 22.9 Å². The zero-order valence-electron chi connectivity index (χ0n) is 39.4. The van der Waals surface area contributed by atoms with Gasteiger partial charge in [-0.2, -0.15) is 0 Å². The summed E-state index contributed by atoms with van der Waals surface area (Å²) in [4.78, 5) is 34.9. The molecule has 4 aromatic carbocycles. The minimum atomic E-state index is -1.57. The van der Waals surface area contributed by atoms with Gasteiger partial charge in [0.15, 0.2) is 11.5 Å². The fourth-order valence-corrected chi connectivity index (χ4v) is 10.6. The number of unbranched alkanes of at least 4 members (excludes halogenated alkanes) is 2. The predicted octanol–water partition coefficient (Wildman–Crippen LogP) is 10.9. The van der Waals surface area contributed by atoms with Crippen molar-refractivity contribution in [2.75, 3.05) is 39.5 Å². The molecule has 1 saturated carbocycles. The number of thioether (sulfide) groups is 1. The molecule has 8 rings (SSSR count). The van der Waals surface area contributed by atoms with Crippen LogP contribution in [0, 0.1) is 27.9 Å². The van der Waals surface area contributed by atoms with Crippen LogP contribution in [0.1, 0.15) is 74.0 Å². The van der Waals surface area contributed by atoms with Crippen molar-refractivity contribution in [3.05, 3.63) is 149 Å². The van der Waals surface area contributed by atoms with Crippen LogP contribution >= 0.6 is 11.8 Å². The van der Waals surface area contributed by atoms with Crippen molar-refractivity contribution in [3.8, 4) is 28.7 Å². The number of aliphatic hydroxyl groups is 2. The van der Waals surface area contributed by atoms with Gasteiger partial charge in [-0.05, 0) is 134 Å². The van der Waals surface area contributed by atoms with Crippen LogP contribution in [0.5, 0.6) is 28.7 Å². The van der Waals surface area contributed by atoms with E-state index in [1.54, 1.807) is 40.9 Å². The molecule has 6 unspecified atom stereocenters. The molecule has 4 aromatic rings. The van der Waals surface area contributed by atoms with Crippen molar-refractivity contribution < 1.29 is 53.2 Å². The number of oxime groups is 1. The van der Waals surface area contributed by atoms with E-state index < -0.39 is 28.8 Å². The molecule has 16 heteroatoms. The molecule has 0 spiro atoms. The van der Waals surface area contributed by atoms with E-state index in [-0.39, 0.29) is 76.2 Å². The second kappa shape index (κ2) is 23.5. The Kier molecular flexibility index (Phi) is 16.8. The summed E-state index contributed by atoms with van der Waals surface area (Å²) in [5.74, 6) is 0.470. The molecule has 6 atom stereocenters. The summed E-state index contributed by atoms with van der Waals surface area (Å²) in [5.41, 5.74) is 3.69. The summed E-state index contributed by atoms with van der Waals surface area (Å²) in [6, 6.07) is 24.5. The van der Waals surface area contributed by atoms with Crippen molar-refractivity contribution >= 4 is 29.3 Å². The zero-order chi connectivity index (χ0) is 49.0. The van der Waals surface area contributed by atoms with E-state index in [4.69, 9.17) is 38.4 Å². The number of hydrogen-bond acceptors (Lipinski definition) is 14. The number of benzene rings is 4. The van der Waals surface area contributed by atoms with Gasteiger partial charge in [-0.15, -0.1) is 24.9 Å². The Morgan fingerprint density at radius 1 is 0.914 bits per heavy atom. The standard InChI is InChI=1S/C54H61N3O12S/c1-4-6-28-63-53(60)56(33-37-15-23-48-49(29-37)65-35-64-48)50-32-46(55-67-34-36-13-16-39(17-14-36)57(61)62)44-30-38(11-7-9-25-58)43(12-8-10-26-59)51-45-31-41(68-40-18-21-42(70-3)22-19-40)20-24-47(45)69-54(50,52(44)51)66-27-5-2/h4-5,13-24,29-31,38,43,50-52,58-59H,1-2,6-12,25-28,32-35H2,3H3. The number of nitrogens with zero attached hydrogens (tertiary/aromatic N) is 3. The summed E-state index contributed by atoms with van der Waals surface area (Å²) in [6.07, 6.45) is 11.8. The van der Waals surface area contributed by atoms with E-state index in [1.165, 1.54) is 12.1 Å². The summed E-state index contributed by atoms with van der Waals surface area (Å²) >= 11 is 1.65. The van der Waals surface area contributed by atoms with Crippen LogP contribution in [0.3, 0.4) is 0 Å². The number of carbonyl (C=O) groups excluding carboxylic acids is 1. The minimum Gasteiger partial charge on any atom is -0.459 e. The maximum Gasteiger partial charge on any atom is 0.410 e. The van der Waals surface area contributed by atoms with Gasteiger partial charge in [-0.25, -0.2) is 4.79 Å². The Hall–Kier alpha value is -6.33. The number of allylic oxidation sites excluding steroid dienone is 1. The first-order valence-electron chi connectivity index (χ1n) is 23.9. The Morgan fingerprint density at radius 3 is 2.37 bits per heavy atom. The van der Waals surface area contributed by atoms with Crippen LogP contribution in [0.25, 0.3) is 0 Å². The van der Waals surface area contributed by atoms with Crippen molar-refractivity contribution in [1.29, 1.82) is 0 Å². The molecule has 1 amide bonds. The summed E-state index contributed by atoms with van der Waals surface area (Å²) in [6.45, 7) is 8.29. The molecule has 2 N–H and O–H groups in total. The van der Waals surface area contributed by atoms with E-state index in [0.717, 1.165) is 47.3 Å². The predicted molar refractivity (Wildman–Crippen MR) is 265 cm³/mol. The van der Waals surface area contributed by atoms with Gasteiger partial charge in [0.1, 0.15) is 29.9 Å². The largest absolute Gasteiger partial charge is 0.459 e. The quantitative estimate of drug-likeness (QED) is 0.0223. The average Bonchev–Trinajstić information content (AvgIpc) is 3.85. The van der Waals surface area contributed by atoms with Gasteiger partial charge in [0.25, 0.3) is 5.69 Å². The molecule has 2 aliphatic carbocycles. The van der Waals surface area contributed by atoms with Crippen molar-refractivity contribution in [2.45, 2.75) is 87.2 Å². The maximum absolute atomic E-state index is 14.9. The molecule has 370 valence electrons. The van der Waals surface area contributed by atoms with Crippen LogP contribution < -0.4 is 18.9 Å². The molecule has 0 saturated heterocycles. The van der Waals surface area contributed by atoms with E-state index in [9.17, 15) is 25.1 Å². The van der Waals surface area contributed by atoms with Crippen LogP contribution in [0.2, 0.25) is 0 Å². The fraction of sp³-hybridized carbons (Fsp3) is 0.407. The third-order valence-electron chi connectivity index (χ3n) is 13.4. The third kappa shape index (κ3) is 11.2. The first-order chi connectivity index (χ1) is 34.2. The lowest BCUT2D eigenvalue weighted by molar-refractivity contribution is -0.384. The van der Waals surface area contributed by atoms with E-state index >= 15 is 0 Å². The van der Waals surface area contributed by atoms with Gasteiger partial charge in [0.2, 0.25) is 12.6 Å². The van der Waals surface area contributed by atoms with Gasteiger partial charge >= 0.3 is 6.09 Å². The molecule has 0 bridgehead atoms. The Morgan fingerprint density at radius 2 is 1.64 bits per heavy atom. The molecular formula is C54H61N3O12S. The molecule has 0 radical (unpaired) electrons. The van der Waals surface area contributed by atoms with E-state index in [0.29, 0.717) is 59.3 Å². The van der Waals surface area contributed by atoms with E-state index in [2.05, 4.69) is 19.2 Å². The van der Waals surface area contributed by atoms with Gasteiger partial charge in [-0.3, -0.25) is 15.0 Å². The van der Waals surface area contributed by atoms with Gasteiger partial charge in [0.05, 0.1) is 29.8 Å². The molecule has 0 aromatic heterocycles. The average molecular weight is 976 g/mol. The van der Waals surface area contributed by atoms with Gasteiger partial charge in [-0.1, -0.05) is 42.3 Å². The lowest BCUT2D eigenvalue weighted by Crippen LogP contribution is -2.70. The number of carbonyl (C=O) groups is 1. The van der Waals surface area contributed by atoms with Crippen LogP contribution in [0.15, 0.2) is 132 Å². The summed E-state index contributed by atoms with van der Waals surface area (Å²) in [7, 11) is 0. The summed E-state index contributed by atoms with van der Waals surface area (Å²) in [5, 5.41) is 36.5. The first-order valence-corrected chi connectivity index (χ1v) is 25.1. The monoisotopic (exact) mass is 975 g/mol. The van der Waals surface area contributed by atoms with E-state index in [1.807, 2.05) is 66.9 Å². The first kappa shape index (κ1) is 50.1. The number of rotatable bonds is 24. The van der Waals surface area contributed by atoms with Crippen LogP contribution in [-0.4, -0.2) is 83.1 Å². The van der Waals surface area contributed by atoms with Crippen LogP contribution in [-0.2, 0) is 27.5 Å². The molecule has 4 aliphatic rings. The molecule has 70 heavy (non-hydrogen) atoms. The fourth-order valence-electron chi connectivity index (χ4n) is 10.2. The Balaban J connectivity index is 1.32. The number of fused-ring (bicyclic) bond motifs is 3. The lowest BCUT2D eigenvalue weighted by atomic mass is 9.55. The molecule has 2 heterocycles. The molecule has 15 nitrogen and oxygen atoms in total. The van der Waals surface area contributed by atoms with Gasteiger partial charge in [0, 0.05) is 54.7 Å². The number of nitro groups is 1. The highest BCUT2D eigenvalue weighted by atomic mass is 32.2. The second-order valence-electron chi connectivity index (χ2n) is 17.8. The molecular weight excluding hydrogens is 915 g/mol. The number of nitro benzene ring substituents is 1. The SMILES string of the molecule is C=CCCOC(=O)N(Cc1ccc2c(c1)OCO2)C1CC(=NOCc2ccc([N+](=O)[O-])cc2)C2=CC(CCCCO)C(CCCCO)C3c4cc(Oc5ccc(SC)cc5)ccc4OC1(OCC=C)C23. The van der Waals surface area contributed by atoms with Gasteiger partial charge < -0.3 is 43.5 Å².